The minimum absolute atomic E-state index is 0.130. The second-order valence-corrected chi connectivity index (χ2v) is 4.78. The van der Waals surface area contributed by atoms with Crippen LogP contribution >= 0.6 is 0 Å². The highest BCUT2D eigenvalue weighted by atomic mass is 16.5. The third-order valence-corrected chi connectivity index (χ3v) is 2.97. The Kier molecular flexibility index (Phi) is 5.06. The molecule has 104 valence electrons. The van der Waals surface area contributed by atoms with Crippen molar-refractivity contribution >= 4 is 11.9 Å². The van der Waals surface area contributed by atoms with E-state index in [9.17, 15) is 9.59 Å². The number of carbonyl (C=O) groups is 2. The summed E-state index contributed by atoms with van der Waals surface area (Å²) in [5.41, 5.74) is 5.50. The fourth-order valence-electron chi connectivity index (χ4n) is 1.50. The summed E-state index contributed by atoms with van der Waals surface area (Å²) < 4.78 is 9.72. The number of nitrogens with two attached hydrogens (primary N) is 1. The fourth-order valence-corrected chi connectivity index (χ4v) is 1.50. The van der Waals surface area contributed by atoms with Gasteiger partial charge in [-0.25, -0.2) is 0 Å². The SMILES string of the molecule is COC(=O)C(C)(C)C(N)C(=O)OCc1ccccc1. The van der Waals surface area contributed by atoms with Crippen molar-refractivity contribution in [1.29, 1.82) is 0 Å². The van der Waals surface area contributed by atoms with Crippen LogP contribution in [-0.2, 0) is 25.7 Å². The van der Waals surface area contributed by atoms with Crippen LogP contribution < -0.4 is 5.73 Å². The van der Waals surface area contributed by atoms with Crippen molar-refractivity contribution in [2.45, 2.75) is 26.5 Å². The van der Waals surface area contributed by atoms with Crippen LogP contribution in [-0.4, -0.2) is 25.1 Å². The topological polar surface area (TPSA) is 78.6 Å². The van der Waals surface area contributed by atoms with Gasteiger partial charge in [-0.3, -0.25) is 9.59 Å². The molecule has 0 amide bonds. The van der Waals surface area contributed by atoms with Crippen molar-refractivity contribution in [3.05, 3.63) is 35.9 Å². The monoisotopic (exact) mass is 265 g/mol. The van der Waals surface area contributed by atoms with Gasteiger partial charge in [-0.15, -0.1) is 0 Å². The number of carbonyl (C=O) groups excluding carboxylic acids is 2. The predicted octanol–water partition coefficient (Wildman–Crippen LogP) is 1.26. The summed E-state index contributed by atoms with van der Waals surface area (Å²) in [6.07, 6.45) is 0. The highest BCUT2D eigenvalue weighted by molar-refractivity contribution is 5.87. The van der Waals surface area contributed by atoms with Crippen molar-refractivity contribution in [2.24, 2.45) is 11.1 Å². The largest absolute Gasteiger partial charge is 0.469 e. The van der Waals surface area contributed by atoms with E-state index in [4.69, 9.17) is 10.5 Å². The van der Waals surface area contributed by atoms with Crippen molar-refractivity contribution in [3.8, 4) is 0 Å². The van der Waals surface area contributed by atoms with Gasteiger partial charge in [-0.2, -0.15) is 0 Å². The molecule has 0 saturated heterocycles. The first-order valence-electron chi connectivity index (χ1n) is 5.94. The van der Waals surface area contributed by atoms with Crippen molar-refractivity contribution < 1.29 is 19.1 Å². The van der Waals surface area contributed by atoms with Gasteiger partial charge < -0.3 is 15.2 Å². The molecule has 2 N–H and O–H groups in total. The molecule has 0 bridgehead atoms. The number of benzene rings is 1. The smallest absolute Gasteiger partial charge is 0.324 e. The van der Waals surface area contributed by atoms with E-state index < -0.39 is 23.4 Å². The standard InChI is InChI=1S/C14H19NO4/c1-14(2,13(17)18-3)11(15)12(16)19-9-10-7-5-4-6-8-10/h4-8,11H,9,15H2,1-3H3. The molecular weight excluding hydrogens is 246 g/mol. The molecule has 0 spiro atoms. The van der Waals surface area contributed by atoms with Crippen LogP contribution in [0, 0.1) is 5.41 Å². The summed E-state index contributed by atoms with van der Waals surface area (Å²) in [4.78, 5) is 23.4. The van der Waals surface area contributed by atoms with Gasteiger partial charge in [-0.1, -0.05) is 30.3 Å². The first kappa shape index (κ1) is 15.2. The highest BCUT2D eigenvalue weighted by Crippen LogP contribution is 2.22. The van der Waals surface area contributed by atoms with Gasteiger partial charge in [0.1, 0.15) is 12.6 Å². The van der Waals surface area contributed by atoms with Crippen molar-refractivity contribution in [2.75, 3.05) is 7.11 Å². The van der Waals surface area contributed by atoms with Crippen LogP contribution in [0.5, 0.6) is 0 Å². The van der Waals surface area contributed by atoms with Crippen molar-refractivity contribution in [3.63, 3.8) is 0 Å². The summed E-state index contributed by atoms with van der Waals surface area (Å²) in [6, 6.07) is 8.18. The molecule has 0 aliphatic rings. The summed E-state index contributed by atoms with van der Waals surface area (Å²) in [5, 5.41) is 0. The summed E-state index contributed by atoms with van der Waals surface area (Å²) in [7, 11) is 1.26. The minimum atomic E-state index is -1.12. The van der Waals surface area contributed by atoms with Gasteiger partial charge >= 0.3 is 11.9 Å². The Balaban J connectivity index is 2.61. The van der Waals surface area contributed by atoms with Gasteiger partial charge in [0.05, 0.1) is 12.5 Å². The molecule has 0 radical (unpaired) electrons. The average molecular weight is 265 g/mol. The maximum Gasteiger partial charge on any atom is 0.324 e. The first-order valence-corrected chi connectivity index (χ1v) is 5.94. The van der Waals surface area contributed by atoms with E-state index in [2.05, 4.69) is 4.74 Å². The Labute approximate surface area is 112 Å². The van der Waals surface area contributed by atoms with Crippen LogP contribution in [0.25, 0.3) is 0 Å². The van der Waals surface area contributed by atoms with E-state index in [1.807, 2.05) is 30.3 Å². The molecule has 1 aromatic carbocycles. The van der Waals surface area contributed by atoms with Crippen LogP contribution in [0.3, 0.4) is 0 Å². The third-order valence-electron chi connectivity index (χ3n) is 2.97. The lowest BCUT2D eigenvalue weighted by atomic mass is 9.85. The molecule has 0 fully saturated rings. The zero-order valence-corrected chi connectivity index (χ0v) is 11.4. The van der Waals surface area contributed by atoms with Crippen molar-refractivity contribution in [1.82, 2.24) is 0 Å². The molecule has 1 unspecified atom stereocenters. The summed E-state index contributed by atoms with van der Waals surface area (Å²) in [6.45, 7) is 3.23. The number of hydrogen-bond donors (Lipinski definition) is 1. The Bertz CT molecular complexity index is 442. The maximum atomic E-state index is 11.8. The molecule has 5 heteroatoms. The van der Waals surface area contributed by atoms with E-state index in [0.717, 1.165) is 5.56 Å². The van der Waals surface area contributed by atoms with Crippen LogP contribution in [0.2, 0.25) is 0 Å². The molecule has 0 heterocycles. The molecule has 0 aromatic heterocycles. The Morgan fingerprint density at radius 3 is 2.37 bits per heavy atom. The molecule has 1 rings (SSSR count). The number of methoxy groups -OCH3 is 1. The number of ether oxygens (including phenoxy) is 2. The first-order chi connectivity index (χ1) is 8.89. The number of rotatable bonds is 5. The van der Waals surface area contributed by atoms with Gasteiger partial charge in [0.25, 0.3) is 0 Å². The van der Waals surface area contributed by atoms with Gasteiger partial charge in [0, 0.05) is 0 Å². The van der Waals surface area contributed by atoms with Gasteiger partial charge in [0.15, 0.2) is 0 Å². The molecular formula is C14H19NO4. The van der Waals surface area contributed by atoms with Crippen LogP contribution in [0.4, 0.5) is 0 Å². The second kappa shape index (κ2) is 6.33. The Morgan fingerprint density at radius 1 is 1.26 bits per heavy atom. The fraction of sp³-hybridized carbons (Fsp3) is 0.429. The zero-order chi connectivity index (χ0) is 14.5. The number of esters is 2. The molecule has 5 nitrogen and oxygen atoms in total. The predicted molar refractivity (Wildman–Crippen MR) is 70.0 cm³/mol. The molecule has 0 saturated carbocycles. The van der Waals surface area contributed by atoms with E-state index in [1.165, 1.54) is 7.11 Å². The van der Waals surface area contributed by atoms with Gasteiger partial charge in [-0.05, 0) is 19.4 Å². The lowest BCUT2D eigenvalue weighted by Crippen LogP contribution is -2.49. The highest BCUT2D eigenvalue weighted by Gasteiger charge is 2.40. The van der Waals surface area contributed by atoms with E-state index in [1.54, 1.807) is 13.8 Å². The second-order valence-electron chi connectivity index (χ2n) is 4.78. The van der Waals surface area contributed by atoms with Crippen LogP contribution in [0.15, 0.2) is 30.3 Å². The molecule has 1 atom stereocenters. The van der Waals surface area contributed by atoms with Gasteiger partial charge in [0.2, 0.25) is 0 Å². The van der Waals surface area contributed by atoms with Crippen LogP contribution in [0.1, 0.15) is 19.4 Å². The summed E-state index contributed by atoms with van der Waals surface area (Å²) >= 11 is 0. The zero-order valence-electron chi connectivity index (χ0n) is 11.4. The summed E-state index contributed by atoms with van der Waals surface area (Å²) in [5.74, 6) is -1.17. The Hall–Kier alpha value is -1.88. The van der Waals surface area contributed by atoms with E-state index >= 15 is 0 Å². The maximum absolute atomic E-state index is 11.8. The molecule has 0 aliphatic carbocycles. The normalized spacial score (nSPS) is 12.6. The Morgan fingerprint density at radius 2 is 1.84 bits per heavy atom. The van der Waals surface area contributed by atoms with E-state index in [-0.39, 0.29) is 6.61 Å². The molecule has 19 heavy (non-hydrogen) atoms. The average Bonchev–Trinajstić information content (AvgIpc) is 2.43. The lowest BCUT2D eigenvalue weighted by molar-refractivity contribution is -0.161. The molecule has 1 aromatic rings. The number of hydrogen-bond acceptors (Lipinski definition) is 5. The minimum Gasteiger partial charge on any atom is -0.469 e. The lowest BCUT2D eigenvalue weighted by Gasteiger charge is -2.26. The quantitative estimate of drug-likeness (QED) is 0.811. The third kappa shape index (κ3) is 3.79. The molecule has 0 aliphatic heterocycles. The van der Waals surface area contributed by atoms with E-state index in [0.29, 0.717) is 0 Å².